The van der Waals surface area contributed by atoms with E-state index in [0.717, 1.165) is 10.9 Å². The van der Waals surface area contributed by atoms with Gasteiger partial charge >= 0.3 is 0 Å². The number of morpholine rings is 1. The molecule has 0 spiro atoms. The quantitative estimate of drug-likeness (QED) is 0.630. The Hall–Kier alpha value is -0.520. The average molecular weight is 330 g/mol. The zero-order chi connectivity index (χ0) is 13.0. The molecule has 1 heterocycles. The fraction of sp³-hybridized carbons (Fsp3) is 0.462. The van der Waals surface area contributed by atoms with Crippen molar-refractivity contribution in [3.63, 3.8) is 0 Å². The van der Waals surface area contributed by atoms with Gasteiger partial charge in [-0.2, -0.15) is 0 Å². The number of benzene rings is 1. The van der Waals surface area contributed by atoms with Crippen LogP contribution >= 0.6 is 27.7 Å². The topological polar surface area (TPSA) is 29.5 Å². The number of carbonyl (C=O) groups is 1. The van der Waals surface area contributed by atoms with Crippen molar-refractivity contribution in [2.45, 2.75) is 10.9 Å². The van der Waals surface area contributed by atoms with Crippen LogP contribution in [0, 0.1) is 0 Å². The molecule has 0 aliphatic carbocycles. The van der Waals surface area contributed by atoms with E-state index in [4.69, 9.17) is 4.74 Å². The van der Waals surface area contributed by atoms with E-state index in [1.54, 1.807) is 11.8 Å². The van der Waals surface area contributed by atoms with Crippen molar-refractivity contribution in [3.8, 4) is 0 Å². The zero-order valence-corrected chi connectivity index (χ0v) is 12.7. The van der Waals surface area contributed by atoms with Crippen LogP contribution in [-0.4, -0.2) is 48.2 Å². The highest BCUT2D eigenvalue weighted by Crippen LogP contribution is 2.18. The van der Waals surface area contributed by atoms with Gasteiger partial charge in [0.25, 0.3) is 5.91 Å². The summed E-state index contributed by atoms with van der Waals surface area (Å²) in [6.07, 6.45) is 2.03. The summed E-state index contributed by atoms with van der Waals surface area (Å²) in [7, 11) is 0. The number of alkyl halides is 1. The number of carbonyl (C=O) groups excluding carboxylic acids is 1. The highest BCUT2D eigenvalue weighted by atomic mass is 79.9. The number of hydrogen-bond acceptors (Lipinski definition) is 3. The van der Waals surface area contributed by atoms with Gasteiger partial charge in [0.05, 0.1) is 19.3 Å². The van der Waals surface area contributed by atoms with Gasteiger partial charge in [0, 0.05) is 22.3 Å². The van der Waals surface area contributed by atoms with Gasteiger partial charge in [0.15, 0.2) is 0 Å². The Balaban J connectivity index is 2.13. The Morgan fingerprint density at radius 3 is 2.83 bits per heavy atom. The minimum atomic E-state index is 0.0930. The van der Waals surface area contributed by atoms with Crippen LogP contribution in [-0.2, 0) is 4.74 Å². The first-order valence-corrected chi connectivity index (χ1v) is 8.19. The van der Waals surface area contributed by atoms with Crippen molar-refractivity contribution in [1.29, 1.82) is 0 Å². The number of rotatable bonds is 3. The van der Waals surface area contributed by atoms with Crippen LogP contribution in [0.5, 0.6) is 0 Å². The molecule has 1 aliphatic heterocycles. The predicted octanol–water partition coefficient (Wildman–Crippen LogP) is 2.64. The lowest BCUT2D eigenvalue weighted by molar-refractivity contribution is 0.00524. The molecule has 98 valence electrons. The molecule has 0 N–H and O–H groups in total. The van der Waals surface area contributed by atoms with Crippen LogP contribution in [0.1, 0.15) is 10.4 Å². The van der Waals surface area contributed by atoms with Gasteiger partial charge in [0.2, 0.25) is 0 Å². The van der Waals surface area contributed by atoms with Crippen molar-refractivity contribution in [3.05, 3.63) is 29.8 Å². The molecule has 5 heteroatoms. The molecule has 0 radical (unpaired) electrons. The summed E-state index contributed by atoms with van der Waals surface area (Å²) in [5, 5.41) is 0.752. The van der Waals surface area contributed by atoms with Crippen molar-refractivity contribution < 1.29 is 9.53 Å². The standard InChI is InChI=1S/C13H16BrNO2S/c1-18-12-4-2-10(3-5-12)13(16)15-6-7-17-9-11(15)8-14/h2-5,11H,6-9H2,1H3. The van der Waals surface area contributed by atoms with Gasteiger partial charge in [-0.25, -0.2) is 0 Å². The van der Waals surface area contributed by atoms with E-state index in [2.05, 4.69) is 15.9 Å². The highest BCUT2D eigenvalue weighted by molar-refractivity contribution is 9.09. The van der Waals surface area contributed by atoms with Crippen LogP contribution < -0.4 is 0 Å². The number of amides is 1. The van der Waals surface area contributed by atoms with Gasteiger partial charge in [0.1, 0.15) is 0 Å². The maximum absolute atomic E-state index is 12.4. The number of ether oxygens (including phenoxy) is 1. The summed E-state index contributed by atoms with van der Waals surface area (Å²) in [5.41, 5.74) is 0.751. The first-order valence-electron chi connectivity index (χ1n) is 5.85. The molecule has 1 fully saturated rings. The summed E-state index contributed by atoms with van der Waals surface area (Å²) >= 11 is 5.12. The van der Waals surface area contributed by atoms with E-state index in [-0.39, 0.29) is 11.9 Å². The van der Waals surface area contributed by atoms with Gasteiger partial charge in [-0.05, 0) is 30.5 Å². The monoisotopic (exact) mass is 329 g/mol. The van der Waals surface area contributed by atoms with E-state index >= 15 is 0 Å². The second-order valence-electron chi connectivity index (χ2n) is 4.11. The van der Waals surface area contributed by atoms with Crippen LogP contribution in [0.15, 0.2) is 29.2 Å². The van der Waals surface area contributed by atoms with E-state index in [1.165, 1.54) is 4.90 Å². The Labute approximate surface area is 120 Å². The Kier molecular flexibility index (Phi) is 5.09. The zero-order valence-electron chi connectivity index (χ0n) is 10.3. The summed E-state index contributed by atoms with van der Waals surface area (Å²) in [4.78, 5) is 15.5. The molecule has 1 aromatic rings. The SMILES string of the molecule is CSc1ccc(C(=O)N2CCOCC2CBr)cc1. The van der Waals surface area contributed by atoms with Gasteiger partial charge < -0.3 is 9.64 Å². The molecule has 0 bridgehead atoms. The third-order valence-electron chi connectivity index (χ3n) is 3.00. The fourth-order valence-corrected chi connectivity index (χ4v) is 2.89. The fourth-order valence-electron chi connectivity index (χ4n) is 1.95. The lowest BCUT2D eigenvalue weighted by atomic mass is 10.1. The van der Waals surface area contributed by atoms with Gasteiger partial charge in [-0.3, -0.25) is 4.79 Å². The summed E-state index contributed by atoms with van der Waals surface area (Å²) < 4.78 is 5.40. The molecule has 1 aliphatic rings. The van der Waals surface area contributed by atoms with Crippen molar-refractivity contribution in [2.75, 3.05) is 31.3 Å². The maximum Gasteiger partial charge on any atom is 0.254 e. The van der Waals surface area contributed by atoms with Crippen LogP contribution in [0.3, 0.4) is 0 Å². The molecule has 1 saturated heterocycles. The van der Waals surface area contributed by atoms with E-state index < -0.39 is 0 Å². The maximum atomic E-state index is 12.4. The minimum Gasteiger partial charge on any atom is -0.377 e. The number of halogens is 1. The first kappa shape index (κ1) is 13.9. The smallest absolute Gasteiger partial charge is 0.254 e. The lowest BCUT2D eigenvalue weighted by Crippen LogP contribution is -2.49. The van der Waals surface area contributed by atoms with Crippen molar-refractivity contribution in [2.24, 2.45) is 0 Å². The predicted molar refractivity (Wildman–Crippen MR) is 77.7 cm³/mol. The normalized spacial score (nSPS) is 19.9. The van der Waals surface area contributed by atoms with Crippen LogP contribution in [0.4, 0.5) is 0 Å². The molecule has 0 aromatic heterocycles. The van der Waals surface area contributed by atoms with Crippen LogP contribution in [0.25, 0.3) is 0 Å². The van der Waals surface area contributed by atoms with Gasteiger partial charge in [-0.1, -0.05) is 15.9 Å². The third-order valence-corrected chi connectivity index (χ3v) is 4.49. The molecular formula is C13H16BrNO2S. The number of thioether (sulfide) groups is 1. The van der Waals surface area contributed by atoms with E-state index in [0.29, 0.717) is 19.8 Å². The second-order valence-corrected chi connectivity index (χ2v) is 5.64. The molecular weight excluding hydrogens is 314 g/mol. The molecule has 1 unspecified atom stereocenters. The molecule has 18 heavy (non-hydrogen) atoms. The van der Waals surface area contributed by atoms with Crippen LogP contribution in [0.2, 0.25) is 0 Å². The third kappa shape index (κ3) is 3.08. The molecule has 2 rings (SSSR count). The van der Waals surface area contributed by atoms with Crippen molar-refractivity contribution >= 4 is 33.6 Å². The largest absolute Gasteiger partial charge is 0.377 e. The van der Waals surface area contributed by atoms with Crippen molar-refractivity contribution in [1.82, 2.24) is 4.90 Å². The van der Waals surface area contributed by atoms with E-state index in [9.17, 15) is 4.79 Å². The summed E-state index contributed by atoms with van der Waals surface area (Å²) in [5.74, 6) is 0.0930. The minimum absolute atomic E-state index is 0.0930. The molecule has 1 aromatic carbocycles. The molecule has 0 saturated carbocycles. The summed E-state index contributed by atoms with van der Waals surface area (Å²) in [6.45, 7) is 1.90. The second kappa shape index (κ2) is 6.59. The number of hydrogen-bond donors (Lipinski definition) is 0. The number of nitrogens with zero attached hydrogens (tertiary/aromatic N) is 1. The van der Waals surface area contributed by atoms with Gasteiger partial charge in [-0.15, -0.1) is 11.8 Å². The molecule has 3 nitrogen and oxygen atoms in total. The average Bonchev–Trinajstić information content (AvgIpc) is 2.46. The van der Waals surface area contributed by atoms with E-state index in [1.807, 2.05) is 35.4 Å². The molecule has 1 amide bonds. The first-order chi connectivity index (χ1) is 8.76. The Morgan fingerprint density at radius 1 is 1.50 bits per heavy atom. The molecule has 1 atom stereocenters. The Morgan fingerprint density at radius 2 is 2.22 bits per heavy atom. The Bertz CT molecular complexity index is 410. The highest BCUT2D eigenvalue weighted by Gasteiger charge is 2.27. The lowest BCUT2D eigenvalue weighted by Gasteiger charge is -2.34. The summed E-state index contributed by atoms with van der Waals surface area (Å²) in [6, 6.07) is 7.90.